The van der Waals surface area contributed by atoms with Crippen molar-refractivity contribution in [3.8, 4) is 11.8 Å². The van der Waals surface area contributed by atoms with Gasteiger partial charge in [0, 0.05) is 5.69 Å². The number of carbonyl (C=O) groups excluding carboxylic acids is 1. The van der Waals surface area contributed by atoms with Crippen LogP contribution in [0.2, 0.25) is 0 Å². The fourth-order valence-corrected chi connectivity index (χ4v) is 2.03. The van der Waals surface area contributed by atoms with E-state index in [1.807, 2.05) is 12.1 Å². The minimum atomic E-state index is -0.808. The second kappa shape index (κ2) is 5.75. The number of carbonyl (C=O) groups is 1. The molecule has 0 aromatic heterocycles. The summed E-state index contributed by atoms with van der Waals surface area (Å²) in [6, 6.07) is 9.38. The number of nitrogens with one attached hydrogen (secondary N) is 1. The molecule has 2 rings (SSSR count). The minimum Gasteiger partial charge on any atom is -0.494 e. The van der Waals surface area contributed by atoms with E-state index in [-0.39, 0.29) is 5.91 Å². The predicted octanol–water partition coefficient (Wildman–Crippen LogP) is 3.11. The molecule has 0 saturated heterocycles. The summed E-state index contributed by atoms with van der Waals surface area (Å²) in [5.41, 5.74) is -0.104. The lowest BCUT2D eigenvalue weighted by Gasteiger charge is -2.33. The Morgan fingerprint density at radius 2 is 2.11 bits per heavy atom. The van der Waals surface area contributed by atoms with E-state index in [0.29, 0.717) is 25.1 Å². The Morgan fingerprint density at radius 3 is 2.58 bits per heavy atom. The average molecular weight is 258 g/mol. The third kappa shape index (κ3) is 2.87. The fraction of sp³-hybridized carbons (Fsp3) is 0.467. The molecule has 1 N–H and O–H groups in total. The Hall–Kier alpha value is -2.02. The molecule has 1 aromatic carbocycles. The van der Waals surface area contributed by atoms with E-state index in [1.165, 1.54) is 0 Å². The van der Waals surface area contributed by atoms with Crippen molar-refractivity contribution < 1.29 is 9.53 Å². The maximum absolute atomic E-state index is 12.0. The van der Waals surface area contributed by atoms with Gasteiger partial charge in [0.05, 0.1) is 12.7 Å². The Morgan fingerprint density at radius 1 is 1.42 bits per heavy atom. The monoisotopic (exact) mass is 258 g/mol. The molecule has 0 aliphatic heterocycles. The van der Waals surface area contributed by atoms with E-state index in [0.717, 1.165) is 18.6 Å². The van der Waals surface area contributed by atoms with Crippen LogP contribution in [0.15, 0.2) is 24.3 Å². The van der Waals surface area contributed by atoms with E-state index in [1.54, 1.807) is 12.1 Å². The summed E-state index contributed by atoms with van der Waals surface area (Å²) >= 11 is 0. The zero-order valence-electron chi connectivity index (χ0n) is 11.1. The molecule has 1 amide bonds. The van der Waals surface area contributed by atoms with Crippen LogP contribution in [0.25, 0.3) is 0 Å². The molecule has 19 heavy (non-hydrogen) atoms. The van der Waals surface area contributed by atoms with Crippen molar-refractivity contribution in [1.82, 2.24) is 0 Å². The van der Waals surface area contributed by atoms with Gasteiger partial charge >= 0.3 is 0 Å². The summed E-state index contributed by atoms with van der Waals surface area (Å²) in [5, 5.41) is 11.9. The molecule has 1 saturated carbocycles. The Labute approximate surface area is 113 Å². The van der Waals surface area contributed by atoms with Gasteiger partial charge in [-0.2, -0.15) is 5.26 Å². The molecule has 0 radical (unpaired) electrons. The van der Waals surface area contributed by atoms with Crippen LogP contribution < -0.4 is 10.1 Å². The topological polar surface area (TPSA) is 62.1 Å². The van der Waals surface area contributed by atoms with Crippen molar-refractivity contribution in [2.45, 2.75) is 32.6 Å². The van der Waals surface area contributed by atoms with Crippen molar-refractivity contribution >= 4 is 11.6 Å². The number of amides is 1. The molecular formula is C15H18N2O2. The van der Waals surface area contributed by atoms with Crippen LogP contribution in [0.5, 0.6) is 5.75 Å². The number of ether oxygens (including phenoxy) is 1. The van der Waals surface area contributed by atoms with E-state index in [9.17, 15) is 4.79 Å². The van der Waals surface area contributed by atoms with Gasteiger partial charge < -0.3 is 10.1 Å². The summed E-state index contributed by atoms with van der Waals surface area (Å²) in [5.74, 6) is 0.599. The van der Waals surface area contributed by atoms with E-state index < -0.39 is 5.41 Å². The SMILES string of the molecule is CCCOc1ccc(NC(=O)C2(C#N)CCC2)cc1. The van der Waals surface area contributed by atoms with Crippen molar-refractivity contribution in [3.05, 3.63) is 24.3 Å². The third-order valence-electron chi connectivity index (χ3n) is 3.44. The average Bonchev–Trinajstić information content (AvgIpc) is 2.37. The maximum atomic E-state index is 12.0. The summed E-state index contributed by atoms with van der Waals surface area (Å²) in [6.07, 6.45) is 3.23. The van der Waals surface area contributed by atoms with Crippen LogP contribution in [0.1, 0.15) is 32.6 Å². The highest BCUT2D eigenvalue weighted by Crippen LogP contribution is 2.41. The van der Waals surface area contributed by atoms with Crippen LogP contribution in [0.3, 0.4) is 0 Å². The van der Waals surface area contributed by atoms with Gasteiger partial charge in [0.2, 0.25) is 5.91 Å². The Bertz CT molecular complexity index is 484. The molecule has 4 nitrogen and oxygen atoms in total. The van der Waals surface area contributed by atoms with Gasteiger partial charge in [-0.1, -0.05) is 6.92 Å². The molecule has 1 aromatic rings. The van der Waals surface area contributed by atoms with Crippen molar-refractivity contribution in [2.75, 3.05) is 11.9 Å². The van der Waals surface area contributed by atoms with Gasteiger partial charge in [0.25, 0.3) is 0 Å². The molecular weight excluding hydrogens is 240 g/mol. The first-order valence-corrected chi connectivity index (χ1v) is 6.66. The molecule has 4 heteroatoms. The summed E-state index contributed by atoms with van der Waals surface area (Å²) in [4.78, 5) is 12.0. The van der Waals surface area contributed by atoms with Gasteiger partial charge in [0.15, 0.2) is 0 Å². The third-order valence-corrected chi connectivity index (χ3v) is 3.44. The molecule has 100 valence electrons. The van der Waals surface area contributed by atoms with E-state index in [2.05, 4.69) is 18.3 Å². The number of hydrogen-bond donors (Lipinski definition) is 1. The first kappa shape index (κ1) is 13.4. The Balaban J connectivity index is 1.96. The first-order chi connectivity index (χ1) is 9.20. The minimum absolute atomic E-state index is 0.191. The van der Waals surface area contributed by atoms with Crippen LogP contribution >= 0.6 is 0 Å². The molecule has 0 heterocycles. The zero-order chi connectivity index (χ0) is 13.7. The van der Waals surface area contributed by atoms with Crippen LogP contribution in [-0.4, -0.2) is 12.5 Å². The van der Waals surface area contributed by atoms with Gasteiger partial charge in [-0.3, -0.25) is 4.79 Å². The second-order valence-corrected chi connectivity index (χ2v) is 4.87. The largest absolute Gasteiger partial charge is 0.494 e. The van der Waals surface area contributed by atoms with Crippen molar-refractivity contribution in [2.24, 2.45) is 5.41 Å². The van der Waals surface area contributed by atoms with Crippen LogP contribution in [0.4, 0.5) is 5.69 Å². The van der Waals surface area contributed by atoms with Gasteiger partial charge in [-0.15, -0.1) is 0 Å². The van der Waals surface area contributed by atoms with Crippen LogP contribution in [0, 0.1) is 16.7 Å². The lowest BCUT2D eigenvalue weighted by atomic mass is 9.69. The number of anilines is 1. The molecule has 0 unspecified atom stereocenters. The molecule has 1 aliphatic rings. The summed E-state index contributed by atoms with van der Waals surface area (Å²) in [6.45, 7) is 2.73. The molecule has 1 aliphatic carbocycles. The Kier molecular flexibility index (Phi) is 4.06. The van der Waals surface area contributed by atoms with E-state index >= 15 is 0 Å². The highest BCUT2D eigenvalue weighted by atomic mass is 16.5. The lowest BCUT2D eigenvalue weighted by Crippen LogP contribution is -2.40. The lowest BCUT2D eigenvalue weighted by molar-refractivity contribution is -0.126. The highest BCUT2D eigenvalue weighted by Gasteiger charge is 2.44. The number of benzene rings is 1. The normalized spacial score (nSPS) is 16.0. The zero-order valence-corrected chi connectivity index (χ0v) is 11.1. The second-order valence-electron chi connectivity index (χ2n) is 4.87. The van der Waals surface area contributed by atoms with Crippen LogP contribution in [-0.2, 0) is 4.79 Å². The fourth-order valence-electron chi connectivity index (χ4n) is 2.03. The van der Waals surface area contributed by atoms with Gasteiger partial charge in [0.1, 0.15) is 11.2 Å². The van der Waals surface area contributed by atoms with Crippen molar-refractivity contribution in [1.29, 1.82) is 5.26 Å². The number of nitrogens with zero attached hydrogens (tertiary/aromatic N) is 1. The molecule has 0 bridgehead atoms. The molecule has 0 atom stereocenters. The van der Waals surface area contributed by atoms with Gasteiger partial charge in [-0.05, 0) is 49.9 Å². The van der Waals surface area contributed by atoms with E-state index in [4.69, 9.17) is 10.00 Å². The standard InChI is InChI=1S/C15H18N2O2/c1-2-10-19-13-6-4-12(5-7-13)17-14(18)15(11-16)8-3-9-15/h4-7H,2-3,8-10H2,1H3,(H,17,18). The van der Waals surface area contributed by atoms with Gasteiger partial charge in [-0.25, -0.2) is 0 Å². The predicted molar refractivity (Wildman–Crippen MR) is 72.8 cm³/mol. The van der Waals surface area contributed by atoms with Crippen molar-refractivity contribution in [3.63, 3.8) is 0 Å². The number of rotatable bonds is 5. The molecule has 0 spiro atoms. The first-order valence-electron chi connectivity index (χ1n) is 6.66. The number of hydrogen-bond acceptors (Lipinski definition) is 3. The smallest absolute Gasteiger partial charge is 0.244 e. The summed E-state index contributed by atoms with van der Waals surface area (Å²) in [7, 11) is 0. The quantitative estimate of drug-likeness (QED) is 0.882. The number of nitriles is 1. The maximum Gasteiger partial charge on any atom is 0.244 e. The summed E-state index contributed by atoms with van der Waals surface area (Å²) < 4.78 is 5.47. The highest BCUT2D eigenvalue weighted by molar-refractivity contribution is 5.97. The molecule has 1 fully saturated rings.